The normalized spacial score (nSPS) is 24.1. The monoisotopic (exact) mass is 585 g/mol. The highest BCUT2D eigenvalue weighted by Gasteiger charge is 2.39. The Labute approximate surface area is 233 Å². The van der Waals surface area contributed by atoms with Crippen LogP contribution in [0.15, 0.2) is 18.6 Å². The highest BCUT2D eigenvalue weighted by molar-refractivity contribution is 7.89. The molecule has 0 spiro atoms. The molecule has 1 saturated carbocycles. The summed E-state index contributed by atoms with van der Waals surface area (Å²) in [6, 6.07) is 0.343. The highest BCUT2D eigenvalue weighted by atomic mass is 32.2. The predicted octanol–water partition coefficient (Wildman–Crippen LogP) is 3.35. The molecule has 10 nitrogen and oxygen atoms in total. The van der Waals surface area contributed by atoms with Gasteiger partial charge in [-0.3, -0.25) is 4.68 Å². The lowest BCUT2D eigenvalue weighted by atomic mass is 9.92. The van der Waals surface area contributed by atoms with Crippen LogP contribution in [-0.4, -0.2) is 91.6 Å². The van der Waals surface area contributed by atoms with E-state index in [4.69, 9.17) is 0 Å². The molecule has 0 atom stereocenters. The first-order valence-corrected chi connectivity index (χ1v) is 15.5. The van der Waals surface area contributed by atoms with Gasteiger partial charge in [-0.15, -0.1) is 0 Å². The van der Waals surface area contributed by atoms with Gasteiger partial charge >= 0.3 is 6.18 Å². The van der Waals surface area contributed by atoms with Crippen LogP contribution in [0.4, 0.5) is 19.1 Å². The topological polar surface area (TPSA) is 116 Å². The van der Waals surface area contributed by atoms with Gasteiger partial charge in [-0.1, -0.05) is 0 Å². The fourth-order valence-corrected chi connectivity index (χ4v) is 7.92. The number of nitrogens with zero attached hydrogens (tertiary/aromatic N) is 6. The number of aromatic nitrogens is 4. The second kappa shape index (κ2) is 11.2. The second-order valence-electron chi connectivity index (χ2n) is 11.9. The Kier molecular flexibility index (Phi) is 8.16. The molecule has 14 heteroatoms. The first-order valence-electron chi connectivity index (χ1n) is 14.0. The van der Waals surface area contributed by atoms with Crippen LogP contribution in [0.5, 0.6) is 0 Å². The molecular formula is C26H38F3N7O3S. The van der Waals surface area contributed by atoms with E-state index in [9.17, 15) is 26.7 Å². The molecule has 0 aromatic carbocycles. The maximum absolute atomic E-state index is 13.8. The van der Waals surface area contributed by atoms with Gasteiger partial charge in [-0.05, 0) is 71.9 Å². The number of hydrogen-bond donors (Lipinski definition) is 2. The number of hydrogen-bond acceptors (Lipinski definition) is 8. The summed E-state index contributed by atoms with van der Waals surface area (Å²) in [6.07, 6.45) is 4.26. The van der Waals surface area contributed by atoms with Crippen LogP contribution in [0, 0.1) is 0 Å². The van der Waals surface area contributed by atoms with Crippen LogP contribution < -0.4 is 5.32 Å². The fourth-order valence-electron chi connectivity index (χ4n) is 5.91. The SMILES string of the molecule is CC(C)(O)Cn1cc(-c2nc(NC3CCN(S(=O)(=O)C4CCC(N5CCC5)CC4)CC3)ncc2C(F)(F)F)cn1. The maximum atomic E-state index is 13.8. The molecule has 2 aromatic rings. The molecule has 2 aromatic heterocycles. The molecule has 2 saturated heterocycles. The number of sulfonamides is 1. The van der Waals surface area contributed by atoms with Gasteiger partial charge in [0.2, 0.25) is 16.0 Å². The Balaban J connectivity index is 1.22. The zero-order valence-corrected chi connectivity index (χ0v) is 23.8. The van der Waals surface area contributed by atoms with Gasteiger partial charge in [0.15, 0.2) is 0 Å². The van der Waals surface area contributed by atoms with E-state index in [2.05, 4.69) is 25.3 Å². The van der Waals surface area contributed by atoms with Crippen LogP contribution in [0.25, 0.3) is 11.3 Å². The maximum Gasteiger partial charge on any atom is 0.419 e. The molecular weight excluding hydrogens is 547 g/mol. The molecule has 1 aliphatic carbocycles. The fraction of sp³-hybridized carbons (Fsp3) is 0.731. The van der Waals surface area contributed by atoms with E-state index in [0.29, 0.717) is 44.8 Å². The summed E-state index contributed by atoms with van der Waals surface area (Å²) in [5, 5.41) is 16.9. The van der Waals surface area contributed by atoms with Gasteiger partial charge in [0.05, 0.1) is 29.3 Å². The first kappa shape index (κ1) is 29.2. The third kappa shape index (κ3) is 6.60. The smallest absolute Gasteiger partial charge is 0.389 e. The van der Waals surface area contributed by atoms with Crippen LogP contribution in [0.2, 0.25) is 0 Å². The van der Waals surface area contributed by atoms with Gasteiger partial charge in [-0.2, -0.15) is 18.3 Å². The van der Waals surface area contributed by atoms with Crippen molar-refractivity contribution >= 4 is 16.0 Å². The van der Waals surface area contributed by atoms with E-state index in [-0.39, 0.29) is 35.0 Å². The molecule has 0 unspecified atom stereocenters. The van der Waals surface area contributed by atoms with Crippen molar-refractivity contribution < 1.29 is 26.7 Å². The van der Waals surface area contributed by atoms with Gasteiger partial charge in [0.1, 0.15) is 5.56 Å². The number of likely N-dealkylation sites (tertiary alicyclic amines) is 1. The van der Waals surface area contributed by atoms with E-state index in [0.717, 1.165) is 32.1 Å². The Morgan fingerprint density at radius 1 is 1.02 bits per heavy atom. The summed E-state index contributed by atoms with van der Waals surface area (Å²) in [4.78, 5) is 10.6. The Hall–Kier alpha value is -2.29. The number of nitrogens with one attached hydrogen (secondary N) is 1. The van der Waals surface area contributed by atoms with Crippen molar-refractivity contribution in [1.82, 2.24) is 29.0 Å². The van der Waals surface area contributed by atoms with Crippen molar-refractivity contribution in [3.8, 4) is 11.3 Å². The lowest BCUT2D eigenvalue weighted by Crippen LogP contribution is -2.50. The van der Waals surface area contributed by atoms with Crippen molar-refractivity contribution in [2.45, 2.75) is 94.4 Å². The highest BCUT2D eigenvalue weighted by Crippen LogP contribution is 2.36. The Morgan fingerprint density at radius 3 is 2.27 bits per heavy atom. The molecule has 0 amide bonds. The van der Waals surface area contributed by atoms with Crippen molar-refractivity contribution in [2.24, 2.45) is 0 Å². The third-order valence-corrected chi connectivity index (χ3v) is 10.6. The number of piperidine rings is 1. The molecule has 40 heavy (non-hydrogen) atoms. The minimum atomic E-state index is -4.67. The summed E-state index contributed by atoms with van der Waals surface area (Å²) < 4.78 is 70.9. The van der Waals surface area contributed by atoms with Crippen molar-refractivity contribution in [2.75, 3.05) is 31.5 Å². The summed E-state index contributed by atoms with van der Waals surface area (Å²) in [6.45, 7) is 6.21. The lowest BCUT2D eigenvalue weighted by Gasteiger charge is -2.42. The third-order valence-electron chi connectivity index (χ3n) is 8.17. The van der Waals surface area contributed by atoms with E-state index in [1.165, 1.54) is 23.5 Å². The molecule has 0 radical (unpaired) electrons. The van der Waals surface area contributed by atoms with E-state index >= 15 is 0 Å². The van der Waals surface area contributed by atoms with Crippen LogP contribution in [0.3, 0.4) is 0 Å². The van der Waals surface area contributed by atoms with E-state index < -0.39 is 27.4 Å². The number of alkyl halides is 3. The second-order valence-corrected chi connectivity index (χ2v) is 14.1. The van der Waals surface area contributed by atoms with Crippen LogP contribution >= 0.6 is 0 Å². The number of halogens is 3. The average molecular weight is 586 g/mol. The van der Waals surface area contributed by atoms with Gasteiger partial charge < -0.3 is 15.3 Å². The molecule has 4 heterocycles. The summed E-state index contributed by atoms with van der Waals surface area (Å²) in [7, 11) is -3.39. The first-order chi connectivity index (χ1) is 18.8. The zero-order valence-electron chi connectivity index (χ0n) is 22.9. The molecule has 5 rings (SSSR count). The minimum absolute atomic E-state index is 0.0452. The number of rotatable bonds is 8. The van der Waals surface area contributed by atoms with Gasteiger partial charge in [0, 0.05) is 43.1 Å². The standard InChI is InChI=1S/C26H38F3N7O3S/c1-25(2,37)17-35-16-18(14-31-35)23-22(26(27,28)29)15-30-24(33-23)32-19-8-12-36(13-9-19)40(38,39)21-6-4-20(5-7-21)34-10-3-11-34/h14-16,19-21,37H,3-13,17H2,1-2H3,(H,30,32,33). The molecule has 222 valence electrons. The molecule has 0 bridgehead atoms. The quantitative estimate of drug-likeness (QED) is 0.485. The molecule has 3 aliphatic rings. The van der Waals surface area contributed by atoms with E-state index in [1.54, 1.807) is 18.2 Å². The van der Waals surface area contributed by atoms with Gasteiger partial charge in [-0.25, -0.2) is 22.7 Å². The van der Waals surface area contributed by atoms with Crippen LogP contribution in [-0.2, 0) is 22.7 Å². The van der Waals surface area contributed by atoms with Crippen molar-refractivity contribution in [3.05, 3.63) is 24.2 Å². The Morgan fingerprint density at radius 2 is 1.70 bits per heavy atom. The average Bonchev–Trinajstić information content (AvgIpc) is 3.30. The lowest BCUT2D eigenvalue weighted by molar-refractivity contribution is -0.137. The van der Waals surface area contributed by atoms with Crippen LogP contribution in [0.1, 0.15) is 64.4 Å². The summed E-state index contributed by atoms with van der Waals surface area (Å²) >= 11 is 0. The number of aliphatic hydroxyl groups is 1. The minimum Gasteiger partial charge on any atom is -0.389 e. The summed E-state index contributed by atoms with van der Waals surface area (Å²) in [5.74, 6) is 0.0452. The van der Waals surface area contributed by atoms with Gasteiger partial charge in [0.25, 0.3) is 0 Å². The molecule has 2 aliphatic heterocycles. The predicted molar refractivity (Wildman–Crippen MR) is 144 cm³/mol. The van der Waals surface area contributed by atoms with Crippen molar-refractivity contribution in [1.29, 1.82) is 0 Å². The zero-order chi connectivity index (χ0) is 28.7. The largest absolute Gasteiger partial charge is 0.419 e. The van der Waals surface area contributed by atoms with E-state index in [1.807, 2.05) is 0 Å². The molecule has 2 N–H and O–H groups in total. The number of anilines is 1. The summed E-state index contributed by atoms with van der Waals surface area (Å²) in [5.41, 5.74) is -2.22. The Bertz CT molecular complexity index is 1280. The van der Waals surface area contributed by atoms with Crippen molar-refractivity contribution in [3.63, 3.8) is 0 Å². The molecule has 3 fully saturated rings.